The molecular weight excluding hydrogens is 364 g/mol. The van der Waals surface area contributed by atoms with Gasteiger partial charge >= 0.3 is 0 Å². The van der Waals surface area contributed by atoms with Crippen molar-refractivity contribution in [3.05, 3.63) is 58.5 Å². The average molecular weight is 382 g/mol. The molecule has 0 spiro atoms. The van der Waals surface area contributed by atoms with Crippen LogP contribution in [0.2, 0.25) is 0 Å². The quantitative estimate of drug-likeness (QED) is 0.586. The molecule has 7 heteroatoms. The summed E-state index contributed by atoms with van der Waals surface area (Å²) in [7, 11) is -3.31. The van der Waals surface area contributed by atoms with Gasteiger partial charge in [-0.2, -0.15) is 0 Å². The third kappa shape index (κ3) is 2.75. The lowest BCUT2D eigenvalue weighted by molar-refractivity contribution is 0.0999. The number of nitrogens with two attached hydrogens (primary N) is 1. The van der Waals surface area contributed by atoms with Gasteiger partial charge in [0.05, 0.1) is 10.6 Å². The summed E-state index contributed by atoms with van der Waals surface area (Å²) in [4.78, 5) is 12.4. The number of primary amides is 1. The molecule has 0 bridgehead atoms. The molecule has 3 aromatic rings. The number of hydrogen-bond acceptors (Lipinski definition) is 5. The van der Waals surface area contributed by atoms with Gasteiger partial charge < -0.3 is 10.3 Å². The van der Waals surface area contributed by atoms with Crippen LogP contribution in [0.4, 0.5) is 0 Å². The van der Waals surface area contributed by atoms with Gasteiger partial charge in [-0.05, 0) is 72.4 Å². The van der Waals surface area contributed by atoms with Crippen molar-refractivity contribution in [2.45, 2.75) is 25.2 Å². The van der Waals surface area contributed by atoms with Gasteiger partial charge in [-0.3, -0.25) is 4.79 Å². The molecule has 0 fully saturated rings. The van der Waals surface area contributed by atoms with Crippen LogP contribution in [0.5, 0.6) is 0 Å². The summed E-state index contributed by atoms with van der Waals surface area (Å²) in [5.74, 6) is 0.143. The maximum atomic E-state index is 12.1. The molecule has 2 N–H and O–H groups in total. The Balaban J connectivity index is 1.97. The molecule has 0 aliphatic heterocycles. The summed E-state index contributed by atoms with van der Waals surface area (Å²) in [6, 6.07) is 8.80. The number of fused-ring (bicyclic) bond motifs is 3. The number of rotatable bonds is 3. The number of amides is 1. The molecule has 1 aliphatic rings. The fraction of sp³-hybridized carbons (Fsp3) is 0.200. The van der Waals surface area contributed by atoms with E-state index in [1.807, 2.05) is 19.9 Å². The van der Waals surface area contributed by atoms with E-state index >= 15 is 0 Å². The average Bonchev–Trinajstić information content (AvgIpc) is 3.12. The molecule has 4 rings (SSSR count). The first kappa shape index (κ1) is 17.5. The molecule has 138 valence electrons. The maximum absolute atomic E-state index is 12.1. The molecule has 0 unspecified atom stereocenters. The monoisotopic (exact) mass is 382 g/mol. The molecule has 0 radical (unpaired) electrons. The van der Waals surface area contributed by atoms with Crippen LogP contribution in [0.15, 0.2) is 39.8 Å². The maximum Gasteiger partial charge on any atom is 0.249 e. The Kier molecular flexibility index (Phi) is 3.75. The fourth-order valence-electron chi connectivity index (χ4n) is 3.76. The molecule has 27 heavy (non-hydrogen) atoms. The van der Waals surface area contributed by atoms with E-state index < -0.39 is 15.7 Å². The lowest BCUT2D eigenvalue weighted by atomic mass is 9.93. The van der Waals surface area contributed by atoms with Gasteiger partial charge in [0.15, 0.2) is 9.84 Å². The third-order valence-corrected chi connectivity index (χ3v) is 6.11. The first-order valence-electron chi connectivity index (χ1n) is 8.40. The Labute approximate surface area is 156 Å². The van der Waals surface area contributed by atoms with Gasteiger partial charge in [0.1, 0.15) is 5.76 Å². The Bertz CT molecular complexity index is 1200. The van der Waals surface area contributed by atoms with Gasteiger partial charge in [-0.25, -0.2) is 8.42 Å². The summed E-state index contributed by atoms with van der Waals surface area (Å²) in [5, 5.41) is 3.99. The van der Waals surface area contributed by atoms with Crippen molar-refractivity contribution < 1.29 is 17.7 Å². The van der Waals surface area contributed by atoms with Crippen molar-refractivity contribution in [1.29, 1.82) is 0 Å². The van der Waals surface area contributed by atoms with Crippen molar-refractivity contribution in [1.82, 2.24) is 5.16 Å². The second-order valence-electron chi connectivity index (χ2n) is 6.88. The standard InChI is InChI=1S/C20H18N2O4S/c1-10-19(11(2)26-22-10)13-8-16-15-5-4-14(27(3,24)25)6-12(15)7-17(16)18(9-13)20(21)23/h4-6,8-9H,7H2,1-3H3,(H2,21,23). The smallest absolute Gasteiger partial charge is 0.249 e. The number of aromatic nitrogens is 1. The van der Waals surface area contributed by atoms with Crippen molar-refractivity contribution in [2.24, 2.45) is 5.73 Å². The van der Waals surface area contributed by atoms with E-state index in [1.165, 1.54) is 6.26 Å². The largest absolute Gasteiger partial charge is 0.366 e. The lowest BCUT2D eigenvalue weighted by Crippen LogP contribution is -2.14. The zero-order chi connectivity index (χ0) is 19.5. The number of sulfone groups is 1. The molecule has 1 amide bonds. The Morgan fingerprint density at radius 2 is 1.89 bits per heavy atom. The Morgan fingerprint density at radius 1 is 1.15 bits per heavy atom. The van der Waals surface area contributed by atoms with E-state index in [9.17, 15) is 13.2 Å². The van der Waals surface area contributed by atoms with Gasteiger partial charge in [0.25, 0.3) is 0 Å². The van der Waals surface area contributed by atoms with Crippen LogP contribution in [0.1, 0.15) is 32.9 Å². The first-order chi connectivity index (χ1) is 12.7. The minimum atomic E-state index is -3.31. The third-order valence-electron chi connectivity index (χ3n) is 5.00. The summed E-state index contributed by atoms with van der Waals surface area (Å²) in [6.45, 7) is 3.66. The molecular formula is C20H18N2O4S. The summed E-state index contributed by atoms with van der Waals surface area (Å²) in [6.07, 6.45) is 1.65. The summed E-state index contributed by atoms with van der Waals surface area (Å²) < 4.78 is 29.0. The molecule has 6 nitrogen and oxygen atoms in total. The van der Waals surface area contributed by atoms with Gasteiger partial charge in [-0.15, -0.1) is 0 Å². The molecule has 1 heterocycles. The Hall–Kier alpha value is -2.93. The predicted molar refractivity (Wildman–Crippen MR) is 101 cm³/mol. The van der Waals surface area contributed by atoms with Crippen LogP contribution < -0.4 is 5.73 Å². The predicted octanol–water partition coefficient (Wildman–Crippen LogP) is 3.03. The number of hydrogen-bond donors (Lipinski definition) is 1. The zero-order valence-corrected chi connectivity index (χ0v) is 16.0. The molecule has 2 aromatic carbocycles. The van der Waals surface area contributed by atoms with Gasteiger partial charge in [0.2, 0.25) is 5.91 Å². The van der Waals surface area contributed by atoms with Crippen molar-refractivity contribution in [3.8, 4) is 22.3 Å². The van der Waals surface area contributed by atoms with Crippen LogP contribution in [-0.4, -0.2) is 25.7 Å². The van der Waals surface area contributed by atoms with Crippen molar-refractivity contribution >= 4 is 15.7 Å². The number of carbonyl (C=O) groups excluding carboxylic acids is 1. The molecule has 0 saturated heterocycles. The summed E-state index contributed by atoms with van der Waals surface area (Å²) >= 11 is 0. The van der Waals surface area contributed by atoms with Crippen LogP contribution in [0, 0.1) is 13.8 Å². The zero-order valence-electron chi connectivity index (χ0n) is 15.2. The molecule has 1 aromatic heterocycles. The van der Waals surface area contributed by atoms with Gasteiger partial charge in [0, 0.05) is 17.4 Å². The van der Waals surface area contributed by atoms with Crippen LogP contribution in [-0.2, 0) is 16.3 Å². The van der Waals surface area contributed by atoms with E-state index in [4.69, 9.17) is 10.3 Å². The van der Waals surface area contributed by atoms with Crippen LogP contribution >= 0.6 is 0 Å². The number of aryl methyl sites for hydroxylation is 2. The molecule has 1 aliphatic carbocycles. The first-order valence-corrected chi connectivity index (χ1v) is 10.3. The van der Waals surface area contributed by atoms with E-state index in [1.54, 1.807) is 24.3 Å². The Morgan fingerprint density at radius 3 is 2.48 bits per heavy atom. The van der Waals surface area contributed by atoms with Gasteiger partial charge in [-0.1, -0.05) is 11.2 Å². The second kappa shape index (κ2) is 5.79. The highest BCUT2D eigenvalue weighted by Crippen LogP contribution is 2.42. The number of benzene rings is 2. The van der Waals surface area contributed by atoms with E-state index in [0.29, 0.717) is 17.7 Å². The van der Waals surface area contributed by atoms with E-state index in [0.717, 1.165) is 39.1 Å². The fourth-order valence-corrected chi connectivity index (χ4v) is 4.43. The van der Waals surface area contributed by atoms with Crippen molar-refractivity contribution in [3.63, 3.8) is 0 Å². The topological polar surface area (TPSA) is 103 Å². The highest BCUT2D eigenvalue weighted by Gasteiger charge is 2.27. The summed E-state index contributed by atoms with van der Waals surface area (Å²) in [5.41, 5.74) is 11.9. The molecule has 0 atom stereocenters. The highest BCUT2D eigenvalue weighted by molar-refractivity contribution is 7.90. The van der Waals surface area contributed by atoms with Crippen molar-refractivity contribution in [2.75, 3.05) is 6.26 Å². The van der Waals surface area contributed by atoms with E-state index in [-0.39, 0.29) is 4.90 Å². The SMILES string of the molecule is Cc1noc(C)c1-c1cc(C(N)=O)c2c(c1)-c1ccc(S(C)(=O)=O)cc1C2. The van der Waals surface area contributed by atoms with Crippen LogP contribution in [0.25, 0.3) is 22.3 Å². The normalized spacial score (nSPS) is 12.7. The molecule has 0 saturated carbocycles. The highest BCUT2D eigenvalue weighted by atomic mass is 32.2. The minimum absolute atomic E-state index is 0.264. The number of carbonyl (C=O) groups is 1. The second-order valence-corrected chi connectivity index (χ2v) is 8.90. The lowest BCUT2D eigenvalue weighted by Gasteiger charge is -2.10. The minimum Gasteiger partial charge on any atom is -0.366 e. The van der Waals surface area contributed by atoms with Crippen LogP contribution in [0.3, 0.4) is 0 Å². The number of nitrogens with zero attached hydrogens (tertiary/aromatic N) is 1. The van der Waals surface area contributed by atoms with E-state index in [2.05, 4.69) is 5.16 Å².